The minimum Gasteiger partial charge on any atom is -0.391 e. The van der Waals surface area contributed by atoms with Crippen LogP contribution in [0.5, 0.6) is 0 Å². The molecule has 2 fully saturated rings. The number of hydrogen-bond acceptors (Lipinski definition) is 8. The summed E-state index contributed by atoms with van der Waals surface area (Å²) < 4.78 is 6.45. The number of aromatic nitrogens is 3. The lowest BCUT2D eigenvalue weighted by atomic mass is 9.92. The van der Waals surface area contributed by atoms with E-state index in [4.69, 9.17) is 9.72 Å². The first-order valence-corrected chi connectivity index (χ1v) is 11.3. The van der Waals surface area contributed by atoms with Crippen molar-refractivity contribution in [1.29, 1.82) is 0 Å². The summed E-state index contributed by atoms with van der Waals surface area (Å²) in [6, 6.07) is 7.72. The van der Waals surface area contributed by atoms with Crippen LogP contribution in [0.4, 0.5) is 11.8 Å². The van der Waals surface area contributed by atoms with Gasteiger partial charge in [-0.3, -0.25) is 9.78 Å². The predicted octanol–water partition coefficient (Wildman–Crippen LogP) is 2.60. The van der Waals surface area contributed by atoms with E-state index in [1.165, 1.54) is 11.3 Å². The first kappa shape index (κ1) is 19.5. The SMILES string of the molecule is O=c1[nH]c(N2CCOCC2)nc(NC2CCCCC2O)c1-c1nc2ccccc2s1. The standard InChI is InChI=1S/C21H25N5O3S/c27-15-7-3-1-5-13(15)22-18-17(20-23-14-6-2-4-8-16(14)30-20)19(28)25-21(24-18)26-9-11-29-12-10-26/h2,4,6,8,13,15,27H,1,3,5,7,9-12H2,(H2,22,24,25,28). The lowest BCUT2D eigenvalue weighted by Crippen LogP contribution is -2.40. The highest BCUT2D eigenvalue weighted by Crippen LogP contribution is 2.33. The third kappa shape index (κ3) is 3.80. The van der Waals surface area contributed by atoms with E-state index >= 15 is 0 Å². The largest absolute Gasteiger partial charge is 0.391 e. The van der Waals surface area contributed by atoms with Crippen LogP contribution >= 0.6 is 11.3 Å². The number of rotatable bonds is 4. The molecule has 0 radical (unpaired) electrons. The number of aliphatic hydroxyl groups excluding tert-OH is 1. The molecule has 9 heteroatoms. The maximum Gasteiger partial charge on any atom is 0.264 e. The molecular weight excluding hydrogens is 402 g/mol. The molecule has 2 unspecified atom stereocenters. The number of anilines is 2. The number of benzene rings is 1. The van der Waals surface area contributed by atoms with Gasteiger partial charge in [0.15, 0.2) is 0 Å². The number of aromatic amines is 1. The van der Waals surface area contributed by atoms with Gasteiger partial charge in [0, 0.05) is 13.1 Å². The molecule has 30 heavy (non-hydrogen) atoms. The fourth-order valence-corrected chi connectivity index (χ4v) is 5.13. The second kappa shape index (κ2) is 8.33. The molecule has 0 amide bonds. The zero-order chi connectivity index (χ0) is 20.5. The van der Waals surface area contributed by atoms with Gasteiger partial charge in [-0.05, 0) is 25.0 Å². The summed E-state index contributed by atoms with van der Waals surface area (Å²) >= 11 is 1.48. The van der Waals surface area contributed by atoms with Crippen molar-refractivity contribution in [3.05, 3.63) is 34.6 Å². The topological polar surface area (TPSA) is 103 Å². The van der Waals surface area contributed by atoms with Gasteiger partial charge in [0.2, 0.25) is 5.95 Å². The Bertz CT molecular complexity index is 1060. The van der Waals surface area contributed by atoms with Crippen LogP contribution in [0.25, 0.3) is 20.8 Å². The summed E-state index contributed by atoms with van der Waals surface area (Å²) in [6.45, 7) is 2.56. The fraction of sp³-hybridized carbons (Fsp3) is 0.476. The Kier molecular flexibility index (Phi) is 5.41. The lowest BCUT2D eigenvalue weighted by Gasteiger charge is -2.30. The van der Waals surface area contributed by atoms with Gasteiger partial charge in [-0.1, -0.05) is 25.0 Å². The molecule has 8 nitrogen and oxygen atoms in total. The van der Waals surface area contributed by atoms with Crippen LogP contribution in [0.15, 0.2) is 29.1 Å². The molecule has 1 aromatic carbocycles. The molecule has 5 rings (SSSR count). The fourth-order valence-electron chi connectivity index (χ4n) is 4.12. The normalized spacial score (nSPS) is 22.4. The molecule has 3 heterocycles. The number of ether oxygens (including phenoxy) is 1. The molecule has 1 aliphatic heterocycles. The maximum absolute atomic E-state index is 13.2. The zero-order valence-electron chi connectivity index (χ0n) is 16.6. The van der Waals surface area contributed by atoms with Crippen molar-refractivity contribution in [2.75, 3.05) is 36.5 Å². The van der Waals surface area contributed by atoms with Crippen LogP contribution in [0.3, 0.4) is 0 Å². The molecular formula is C21H25N5O3S. The van der Waals surface area contributed by atoms with E-state index in [2.05, 4.69) is 15.3 Å². The van der Waals surface area contributed by atoms with Crippen molar-refractivity contribution < 1.29 is 9.84 Å². The van der Waals surface area contributed by atoms with Gasteiger partial charge in [-0.2, -0.15) is 4.98 Å². The second-order valence-corrected chi connectivity index (χ2v) is 8.83. The number of nitrogens with one attached hydrogen (secondary N) is 2. The van der Waals surface area contributed by atoms with E-state index in [9.17, 15) is 9.90 Å². The Morgan fingerprint density at radius 1 is 1.17 bits per heavy atom. The quantitative estimate of drug-likeness (QED) is 0.588. The van der Waals surface area contributed by atoms with Crippen molar-refractivity contribution in [1.82, 2.24) is 15.0 Å². The molecule has 2 atom stereocenters. The molecule has 2 aromatic heterocycles. The van der Waals surface area contributed by atoms with Gasteiger partial charge in [0.25, 0.3) is 5.56 Å². The number of aliphatic hydroxyl groups is 1. The highest BCUT2D eigenvalue weighted by molar-refractivity contribution is 7.21. The van der Waals surface area contributed by atoms with Gasteiger partial charge in [0.1, 0.15) is 16.4 Å². The Labute approximate surface area is 177 Å². The van der Waals surface area contributed by atoms with Crippen LogP contribution in [-0.2, 0) is 4.74 Å². The number of morpholine rings is 1. The number of fused-ring (bicyclic) bond motifs is 1. The van der Waals surface area contributed by atoms with Crippen molar-refractivity contribution >= 4 is 33.3 Å². The van der Waals surface area contributed by atoms with Crippen molar-refractivity contribution in [2.24, 2.45) is 0 Å². The molecule has 1 saturated carbocycles. The van der Waals surface area contributed by atoms with Crippen LogP contribution < -0.4 is 15.8 Å². The summed E-state index contributed by atoms with van der Waals surface area (Å²) in [5.41, 5.74) is 1.07. The summed E-state index contributed by atoms with van der Waals surface area (Å²) in [5.74, 6) is 1.02. The Morgan fingerprint density at radius 3 is 2.77 bits per heavy atom. The summed E-state index contributed by atoms with van der Waals surface area (Å²) in [5, 5.41) is 14.5. The average molecular weight is 428 g/mol. The van der Waals surface area contributed by atoms with Gasteiger partial charge < -0.3 is 20.1 Å². The van der Waals surface area contributed by atoms with Crippen molar-refractivity contribution in [3.8, 4) is 10.6 Å². The van der Waals surface area contributed by atoms with Crippen LogP contribution in [-0.4, -0.2) is 58.5 Å². The molecule has 0 bridgehead atoms. The zero-order valence-corrected chi connectivity index (χ0v) is 17.5. The third-order valence-corrected chi connectivity index (χ3v) is 6.83. The number of H-pyrrole nitrogens is 1. The minimum atomic E-state index is -0.449. The van der Waals surface area contributed by atoms with Gasteiger partial charge >= 0.3 is 0 Å². The highest BCUT2D eigenvalue weighted by Gasteiger charge is 2.27. The molecule has 1 saturated heterocycles. The van der Waals surface area contributed by atoms with E-state index in [1.54, 1.807) is 0 Å². The molecule has 0 spiro atoms. The molecule has 3 N–H and O–H groups in total. The van der Waals surface area contributed by atoms with E-state index < -0.39 is 6.10 Å². The minimum absolute atomic E-state index is 0.126. The summed E-state index contributed by atoms with van der Waals surface area (Å²) in [7, 11) is 0. The Hall–Kier alpha value is -2.49. The van der Waals surface area contributed by atoms with Gasteiger partial charge in [0.05, 0.1) is 35.6 Å². The van der Waals surface area contributed by atoms with E-state index in [0.29, 0.717) is 48.6 Å². The van der Waals surface area contributed by atoms with Crippen LogP contribution in [0.2, 0.25) is 0 Å². The Balaban J connectivity index is 1.59. The van der Waals surface area contributed by atoms with Crippen LogP contribution in [0, 0.1) is 0 Å². The number of para-hydroxylation sites is 1. The smallest absolute Gasteiger partial charge is 0.264 e. The first-order chi connectivity index (χ1) is 14.7. The van der Waals surface area contributed by atoms with E-state index in [1.807, 2.05) is 29.2 Å². The molecule has 158 valence electrons. The number of thiazole rings is 1. The maximum atomic E-state index is 13.2. The van der Waals surface area contributed by atoms with Gasteiger partial charge in [-0.25, -0.2) is 4.98 Å². The lowest BCUT2D eigenvalue weighted by molar-refractivity contribution is 0.116. The predicted molar refractivity (Wildman–Crippen MR) is 118 cm³/mol. The third-order valence-electron chi connectivity index (χ3n) is 5.78. The summed E-state index contributed by atoms with van der Waals surface area (Å²) in [6.07, 6.45) is 3.22. The molecule has 2 aliphatic rings. The first-order valence-electron chi connectivity index (χ1n) is 10.5. The average Bonchev–Trinajstić information content (AvgIpc) is 3.19. The Morgan fingerprint density at radius 2 is 1.97 bits per heavy atom. The summed E-state index contributed by atoms with van der Waals surface area (Å²) in [4.78, 5) is 27.7. The van der Waals surface area contributed by atoms with Crippen molar-refractivity contribution in [2.45, 2.75) is 37.8 Å². The van der Waals surface area contributed by atoms with E-state index in [0.717, 1.165) is 35.9 Å². The molecule has 3 aromatic rings. The monoisotopic (exact) mass is 427 g/mol. The molecule has 1 aliphatic carbocycles. The van der Waals surface area contributed by atoms with Crippen molar-refractivity contribution in [3.63, 3.8) is 0 Å². The van der Waals surface area contributed by atoms with E-state index in [-0.39, 0.29) is 11.6 Å². The van der Waals surface area contributed by atoms with Crippen LogP contribution in [0.1, 0.15) is 25.7 Å². The van der Waals surface area contributed by atoms with Gasteiger partial charge in [-0.15, -0.1) is 11.3 Å². The number of hydrogen-bond donors (Lipinski definition) is 3. The number of nitrogens with zero attached hydrogens (tertiary/aromatic N) is 3. The second-order valence-electron chi connectivity index (χ2n) is 7.80. The highest BCUT2D eigenvalue weighted by atomic mass is 32.1.